The first-order chi connectivity index (χ1) is 12.1. The van der Waals surface area contributed by atoms with Crippen LogP contribution in [0.15, 0.2) is 17.5 Å². The molecule has 1 heterocycles. The van der Waals surface area contributed by atoms with Crippen molar-refractivity contribution < 1.29 is 14.0 Å². The number of benzene rings is 1. The first kappa shape index (κ1) is 20.5. The molecule has 26 heavy (non-hydrogen) atoms. The van der Waals surface area contributed by atoms with Gasteiger partial charge in [-0.15, -0.1) is 11.3 Å². The summed E-state index contributed by atoms with van der Waals surface area (Å²) in [5.74, 6) is 0.800. The highest BCUT2D eigenvalue weighted by Crippen LogP contribution is 2.44. The molecular formula is C20H27NO3SSi. The molecule has 0 aliphatic heterocycles. The average Bonchev–Trinajstić information content (AvgIpc) is 2.93. The van der Waals surface area contributed by atoms with Gasteiger partial charge in [-0.1, -0.05) is 41.5 Å². The Labute approximate surface area is 160 Å². The second-order valence-corrected chi connectivity index (χ2v) is 13.9. The summed E-state index contributed by atoms with van der Waals surface area (Å²) >= 11 is 1.46. The van der Waals surface area contributed by atoms with Crippen LogP contribution in [0.25, 0.3) is 10.1 Å². The summed E-state index contributed by atoms with van der Waals surface area (Å²) in [7, 11) is -2.10. The average molecular weight is 390 g/mol. The molecule has 0 radical (unpaired) electrons. The molecule has 2 rings (SSSR count). The van der Waals surface area contributed by atoms with Gasteiger partial charge in [-0.3, -0.25) is 4.79 Å². The van der Waals surface area contributed by atoms with Crippen LogP contribution >= 0.6 is 11.3 Å². The number of hydrogen-bond donors (Lipinski definition) is 0. The molecule has 0 atom stereocenters. The van der Waals surface area contributed by atoms with E-state index in [9.17, 15) is 10.1 Å². The molecule has 1 aromatic heterocycles. The van der Waals surface area contributed by atoms with Crippen molar-refractivity contribution in [1.29, 1.82) is 5.26 Å². The number of nitrogens with zero attached hydrogens (tertiary/aromatic N) is 1. The smallest absolute Gasteiger partial charge is 0.308 e. The number of thiophene rings is 1. The van der Waals surface area contributed by atoms with Crippen LogP contribution in [0.3, 0.4) is 0 Å². The van der Waals surface area contributed by atoms with Crippen molar-refractivity contribution in [2.24, 2.45) is 0 Å². The molecule has 0 saturated heterocycles. The topological polar surface area (TPSA) is 59.3 Å². The van der Waals surface area contributed by atoms with Gasteiger partial charge in [0.25, 0.3) is 8.32 Å². The van der Waals surface area contributed by atoms with Gasteiger partial charge in [-0.25, -0.2) is 0 Å². The fourth-order valence-corrected chi connectivity index (χ4v) is 10.2. The molecule has 140 valence electrons. The SMILES string of the molecule is CC(=O)Oc1csc2cc(O[Si](C(C)C)(C(C)C)C(C)C)cc(C#N)c12. The Kier molecular flexibility index (Phi) is 6.15. The van der Waals surface area contributed by atoms with Crippen LogP contribution in [-0.2, 0) is 4.79 Å². The third-order valence-corrected chi connectivity index (χ3v) is 11.9. The molecule has 0 saturated carbocycles. The minimum absolute atomic E-state index is 0.389. The van der Waals surface area contributed by atoms with Crippen LogP contribution in [0.1, 0.15) is 54.0 Å². The van der Waals surface area contributed by atoms with Crippen molar-refractivity contribution >= 4 is 35.7 Å². The number of hydrogen-bond acceptors (Lipinski definition) is 5. The Hall–Kier alpha value is -1.84. The standard InChI is InChI=1S/C20H27NO3SSi/c1-12(2)26(13(3)4,14(5)6)24-17-8-16(10-21)20-18(23-15(7)22)11-25-19(20)9-17/h8-9,11-14H,1-7H3. The van der Waals surface area contributed by atoms with Crippen LogP contribution in [0.4, 0.5) is 0 Å². The largest absolute Gasteiger partial charge is 0.543 e. The summed E-state index contributed by atoms with van der Waals surface area (Å²) in [4.78, 5) is 11.3. The van der Waals surface area contributed by atoms with Gasteiger partial charge in [-0.05, 0) is 28.8 Å². The lowest BCUT2D eigenvalue weighted by atomic mass is 10.1. The molecule has 4 nitrogen and oxygen atoms in total. The maximum atomic E-state index is 11.3. The van der Waals surface area contributed by atoms with E-state index in [1.54, 1.807) is 11.4 Å². The summed E-state index contributed by atoms with van der Waals surface area (Å²) in [6.45, 7) is 14.8. The van der Waals surface area contributed by atoms with Crippen molar-refractivity contribution in [3.63, 3.8) is 0 Å². The van der Waals surface area contributed by atoms with Crippen LogP contribution in [-0.4, -0.2) is 14.3 Å². The summed E-state index contributed by atoms with van der Waals surface area (Å²) in [5, 5.41) is 12.1. The first-order valence-corrected chi connectivity index (χ1v) is 12.0. The van der Waals surface area contributed by atoms with E-state index >= 15 is 0 Å². The number of esters is 1. The van der Waals surface area contributed by atoms with E-state index in [0.717, 1.165) is 10.4 Å². The molecule has 0 spiro atoms. The monoisotopic (exact) mass is 389 g/mol. The van der Waals surface area contributed by atoms with Crippen molar-refractivity contribution in [3.05, 3.63) is 23.1 Å². The minimum atomic E-state index is -2.10. The first-order valence-electron chi connectivity index (χ1n) is 8.96. The molecule has 2 aromatic rings. The normalized spacial score (nSPS) is 12.0. The lowest BCUT2D eigenvalue weighted by Crippen LogP contribution is -2.50. The van der Waals surface area contributed by atoms with Crippen molar-refractivity contribution in [2.75, 3.05) is 0 Å². The number of carbonyl (C=O) groups excluding carboxylic acids is 1. The van der Waals surface area contributed by atoms with Crippen molar-refractivity contribution in [3.8, 4) is 17.6 Å². The highest BCUT2D eigenvalue weighted by molar-refractivity contribution is 7.17. The molecule has 0 unspecified atom stereocenters. The molecule has 1 aromatic carbocycles. The van der Waals surface area contributed by atoms with E-state index in [2.05, 4.69) is 47.6 Å². The van der Waals surface area contributed by atoms with Crippen LogP contribution in [0.5, 0.6) is 11.5 Å². The molecule has 0 amide bonds. The predicted octanol–water partition coefficient (Wildman–Crippen LogP) is 6.25. The fraction of sp³-hybridized carbons (Fsp3) is 0.500. The molecule has 0 aliphatic carbocycles. The Morgan fingerprint density at radius 2 is 1.69 bits per heavy atom. The predicted molar refractivity (Wildman–Crippen MR) is 110 cm³/mol. The van der Waals surface area contributed by atoms with E-state index < -0.39 is 8.32 Å². The number of ether oxygens (including phenoxy) is 1. The summed E-state index contributed by atoms with van der Waals surface area (Å²) < 4.78 is 12.9. The third kappa shape index (κ3) is 3.65. The quantitative estimate of drug-likeness (QED) is 0.432. The van der Waals surface area contributed by atoms with Gasteiger partial charge in [0.15, 0.2) is 5.75 Å². The van der Waals surface area contributed by atoms with Gasteiger partial charge >= 0.3 is 5.97 Å². The van der Waals surface area contributed by atoms with E-state index in [0.29, 0.717) is 33.3 Å². The number of rotatable bonds is 6. The van der Waals surface area contributed by atoms with E-state index in [4.69, 9.17) is 9.16 Å². The van der Waals surface area contributed by atoms with Gasteiger partial charge in [0, 0.05) is 17.0 Å². The zero-order valence-corrected chi connectivity index (χ0v) is 18.4. The minimum Gasteiger partial charge on any atom is -0.543 e. The zero-order valence-electron chi connectivity index (χ0n) is 16.5. The molecule has 0 fully saturated rings. The highest BCUT2D eigenvalue weighted by atomic mass is 32.1. The summed E-state index contributed by atoms with van der Waals surface area (Å²) in [5.41, 5.74) is 1.82. The van der Waals surface area contributed by atoms with Gasteiger partial charge in [-0.2, -0.15) is 5.26 Å². The molecule has 0 aliphatic rings. The van der Waals surface area contributed by atoms with Crippen molar-refractivity contribution in [1.82, 2.24) is 0 Å². The maximum absolute atomic E-state index is 11.3. The van der Waals surface area contributed by atoms with E-state index in [-0.39, 0.29) is 5.97 Å². The maximum Gasteiger partial charge on any atom is 0.308 e. The van der Waals surface area contributed by atoms with Gasteiger partial charge in [0.1, 0.15) is 11.8 Å². The summed E-state index contributed by atoms with van der Waals surface area (Å²) in [6.07, 6.45) is 0. The molecule has 6 heteroatoms. The second-order valence-electron chi connectivity index (χ2n) is 7.57. The lowest BCUT2D eigenvalue weighted by Gasteiger charge is -2.42. The van der Waals surface area contributed by atoms with E-state index in [1.165, 1.54) is 18.3 Å². The Balaban J connectivity index is 2.58. The second kappa shape index (κ2) is 7.81. The Morgan fingerprint density at radius 1 is 1.12 bits per heavy atom. The number of nitriles is 1. The molecule has 0 N–H and O–H groups in total. The van der Waals surface area contributed by atoms with Crippen LogP contribution in [0.2, 0.25) is 16.6 Å². The Bertz CT molecular complexity index is 827. The van der Waals surface area contributed by atoms with Crippen molar-refractivity contribution in [2.45, 2.75) is 65.1 Å². The zero-order chi connectivity index (χ0) is 19.6. The van der Waals surface area contributed by atoms with Gasteiger partial charge < -0.3 is 9.16 Å². The highest BCUT2D eigenvalue weighted by Gasteiger charge is 2.47. The Morgan fingerprint density at radius 3 is 2.15 bits per heavy atom. The van der Waals surface area contributed by atoms with E-state index in [1.807, 2.05) is 6.07 Å². The lowest BCUT2D eigenvalue weighted by molar-refractivity contribution is -0.131. The molecule has 0 bridgehead atoms. The number of fused-ring (bicyclic) bond motifs is 1. The van der Waals surface area contributed by atoms with Gasteiger partial charge in [0.2, 0.25) is 0 Å². The fourth-order valence-electron chi connectivity index (χ4n) is 4.05. The van der Waals surface area contributed by atoms with Crippen LogP contribution < -0.4 is 9.16 Å². The number of carbonyl (C=O) groups is 1. The molecular weight excluding hydrogens is 362 g/mol. The van der Waals surface area contributed by atoms with Crippen LogP contribution in [0, 0.1) is 11.3 Å². The third-order valence-electron chi connectivity index (χ3n) is 4.99. The van der Waals surface area contributed by atoms with Gasteiger partial charge in [0.05, 0.1) is 10.9 Å². The summed E-state index contributed by atoms with van der Waals surface area (Å²) in [6, 6.07) is 6.00.